The molecule has 1 saturated heterocycles. The number of rotatable bonds is 2. The first kappa shape index (κ1) is 11.0. The van der Waals surface area contributed by atoms with E-state index in [1.807, 2.05) is 4.90 Å². The van der Waals surface area contributed by atoms with E-state index < -0.39 is 9.84 Å². The summed E-state index contributed by atoms with van der Waals surface area (Å²) in [4.78, 5) is 1.93. The van der Waals surface area contributed by atoms with Gasteiger partial charge < -0.3 is 0 Å². The first-order valence-corrected chi connectivity index (χ1v) is 6.64. The third-order valence-electron chi connectivity index (χ3n) is 2.88. The number of sulfone groups is 1. The monoisotopic (exact) mass is 204 g/mol. The predicted octanol–water partition coefficient (Wildman–Crippen LogP) is 1.07. The third kappa shape index (κ3) is 2.68. The molecule has 1 aliphatic heterocycles. The fourth-order valence-electron chi connectivity index (χ4n) is 1.83. The van der Waals surface area contributed by atoms with Crippen molar-refractivity contribution in [3.8, 4) is 0 Å². The number of hydrogen-bond acceptors (Lipinski definition) is 3. The van der Waals surface area contributed by atoms with Gasteiger partial charge >= 0.3 is 0 Å². The van der Waals surface area contributed by atoms with Crippen LogP contribution in [0.1, 0.15) is 26.2 Å². The van der Waals surface area contributed by atoms with Gasteiger partial charge in [0.2, 0.25) is 0 Å². The standard InChI is InChI=1S/C9H18NO2S/c1-8(13(3,11)12)9-6-4-5-7-10(9)2/h8-9H,2,4-7H2,1,3H3. The van der Waals surface area contributed by atoms with Gasteiger partial charge in [-0.2, -0.15) is 0 Å². The smallest absolute Gasteiger partial charge is 0.151 e. The van der Waals surface area contributed by atoms with Gasteiger partial charge in [0.1, 0.15) is 0 Å². The van der Waals surface area contributed by atoms with E-state index in [4.69, 9.17) is 0 Å². The Hall–Kier alpha value is -0.0900. The van der Waals surface area contributed by atoms with E-state index in [1.165, 1.54) is 6.26 Å². The lowest BCUT2D eigenvalue weighted by molar-refractivity contribution is 0.206. The molecule has 0 aromatic rings. The Morgan fingerprint density at radius 2 is 2.08 bits per heavy atom. The third-order valence-corrected chi connectivity index (χ3v) is 4.55. The molecule has 3 nitrogen and oxygen atoms in total. The van der Waals surface area contributed by atoms with E-state index in [2.05, 4.69) is 7.05 Å². The highest BCUT2D eigenvalue weighted by Gasteiger charge is 2.30. The fourth-order valence-corrected chi connectivity index (χ4v) is 2.71. The molecular weight excluding hydrogens is 186 g/mol. The minimum atomic E-state index is -2.92. The molecule has 0 spiro atoms. The Morgan fingerprint density at radius 1 is 1.46 bits per heavy atom. The maximum absolute atomic E-state index is 11.3. The van der Waals surface area contributed by atoms with Gasteiger partial charge in [0.15, 0.2) is 9.84 Å². The maximum atomic E-state index is 11.3. The van der Waals surface area contributed by atoms with Crippen molar-refractivity contribution in [3.05, 3.63) is 7.05 Å². The lowest BCUT2D eigenvalue weighted by atomic mass is 10.0. The second kappa shape index (κ2) is 3.96. The summed E-state index contributed by atoms with van der Waals surface area (Å²) in [7, 11) is 0.965. The molecule has 0 N–H and O–H groups in total. The summed E-state index contributed by atoms with van der Waals surface area (Å²) in [5.74, 6) is 0. The summed E-state index contributed by atoms with van der Waals surface area (Å²) in [6.07, 6.45) is 4.52. The van der Waals surface area contributed by atoms with Crippen LogP contribution in [0, 0.1) is 7.05 Å². The van der Waals surface area contributed by atoms with Crippen LogP contribution in [0.5, 0.6) is 0 Å². The molecular formula is C9H18NO2S. The zero-order valence-electron chi connectivity index (χ0n) is 8.36. The summed E-state index contributed by atoms with van der Waals surface area (Å²) >= 11 is 0. The molecule has 77 valence electrons. The number of likely N-dealkylation sites (tertiary alicyclic amines) is 1. The van der Waals surface area contributed by atoms with Crippen LogP contribution < -0.4 is 0 Å². The Bertz CT molecular complexity index is 261. The SMILES string of the molecule is [CH2]N1CCCCC1C(C)S(C)(=O)=O. The lowest BCUT2D eigenvalue weighted by Gasteiger charge is -2.35. The normalized spacial score (nSPS) is 28.7. The molecule has 0 aromatic carbocycles. The van der Waals surface area contributed by atoms with Gasteiger partial charge in [0, 0.05) is 19.3 Å². The minimum Gasteiger partial charge on any atom is -0.298 e. The molecule has 0 bridgehead atoms. The molecule has 1 radical (unpaired) electrons. The Kier molecular flexibility index (Phi) is 3.35. The van der Waals surface area contributed by atoms with Crippen molar-refractivity contribution in [2.24, 2.45) is 0 Å². The second-order valence-corrected chi connectivity index (χ2v) is 6.31. The van der Waals surface area contributed by atoms with Gasteiger partial charge in [-0.3, -0.25) is 4.90 Å². The predicted molar refractivity (Wildman–Crippen MR) is 54.0 cm³/mol. The molecule has 0 aromatic heterocycles. The van der Waals surface area contributed by atoms with Crippen molar-refractivity contribution in [2.75, 3.05) is 12.8 Å². The number of piperidine rings is 1. The molecule has 0 saturated carbocycles. The summed E-state index contributed by atoms with van der Waals surface area (Å²) < 4.78 is 22.6. The summed E-state index contributed by atoms with van der Waals surface area (Å²) in [6, 6.07) is 0.115. The second-order valence-electron chi connectivity index (χ2n) is 3.91. The van der Waals surface area contributed by atoms with Crippen molar-refractivity contribution in [3.63, 3.8) is 0 Å². The van der Waals surface area contributed by atoms with E-state index in [9.17, 15) is 8.42 Å². The largest absolute Gasteiger partial charge is 0.298 e. The lowest BCUT2D eigenvalue weighted by Crippen LogP contribution is -2.45. The summed E-state index contributed by atoms with van der Waals surface area (Å²) in [5.41, 5.74) is 0. The van der Waals surface area contributed by atoms with E-state index in [1.54, 1.807) is 6.92 Å². The van der Waals surface area contributed by atoms with Crippen LogP contribution in [0.3, 0.4) is 0 Å². The number of hydrogen-bond donors (Lipinski definition) is 0. The van der Waals surface area contributed by atoms with E-state index in [0.717, 1.165) is 25.8 Å². The minimum absolute atomic E-state index is 0.115. The topological polar surface area (TPSA) is 37.4 Å². The van der Waals surface area contributed by atoms with Crippen LogP contribution in [-0.2, 0) is 9.84 Å². The fraction of sp³-hybridized carbons (Fsp3) is 0.889. The molecule has 0 amide bonds. The van der Waals surface area contributed by atoms with Crippen molar-refractivity contribution in [1.82, 2.24) is 4.90 Å². The molecule has 0 aliphatic carbocycles. The zero-order valence-corrected chi connectivity index (χ0v) is 9.18. The van der Waals surface area contributed by atoms with Crippen molar-refractivity contribution in [1.29, 1.82) is 0 Å². The first-order valence-electron chi connectivity index (χ1n) is 4.69. The molecule has 1 aliphatic rings. The molecule has 2 unspecified atom stereocenters. The van der Waals surface area contributed by atoms with E-state index in [0.29, 0.717) is 0 Å². The van der Waals surface area contributed by atoms with Gasteiger partial charge in [-0.1, -0.05) is 6.42 Å². The Labute approximate surface area is 81.0 Å². The van der Waals surface area contributed by atoms with Crippen LogP contribution in [0.15, 0.2) is 0 Å². The van der Waals surface area contributed by atoms with Crippen molar-refractivity contribution < 1.29 is 8.42 Å². The van der Waals surface area contributed by atoms with Crippen molar-refractivity contribution in [2.45, 2.75) is 37.5 Å². The van der Waals surface area contributed by atoms with Gasteiger partial charge in [0.25, 0.3) is 0 Å². The van der Waals surface area contributed by atoms with Crippen LogP contribution in [0.25, 0.3) is 0 Å². The number of nitrogens with zero attached hydrogens (tertiary/aromatic N) is 1. The molecule has 2 atom stereocenters. The molecule has 1 fully saturated rings. The first-order chi connectivity index (χ1) is 5.93. The molecule has 1 heterocycles. The average molecular weight is 204 g/mol. The quantitative estimate of drug-likeness (QED) is 0.675. The van der Waals surface area contributed by atoms with Crippen LogP contribution in [-0.4, -0.2) is 37.4 Å². The highest BCUT2D eigenvalue weighted by atomic mass is 32.2. The van der Waals surface area contributed by atoms with Gasteiger partial charge in [-0.15, -0.1) is 0 Å². The zero-order chi connectivity index (χ0) is 10.1. The molecule has 13 heavy (non-hydrogen) atoms. The highest BCUT2D eigenvalue weighted by molar-refractivity contribution is 7.91. The van der Waals surface area contributed by atoms with Crippen LogP contribution in [0.4, 0.5) is 0 Å². The maximum Gasteiger partial charge on any atom is 0.151 e. The van der Waals surface area contributed by atoms with Gasteiger partial charge in [-0.05, 0) is 26.3 Å². The highest BCUT2D eigenvalue weighted by Crippen LogP contribution is 2.21. The molecule has 4 heteroatoms. The van der Waals surface area contributed by atoms with E-state index >= 15 is 0 Å². The van der Waals surface area contributed by atoms with Gasteiger partial charge in [-0.25, -0.2) is 8.42 Å². The summed E-state index contributed by atoms with van der Waals surface area (Å²) in [5, 5.41) is -0.287. The van der Waals surface area contributed by atoms with Crippen LogP contribution in [0.2, 0.25) is 0 Å². The average Bonchev–Trinajstić information content (AvgIpc) is 2.02. The van der Waals surface area contributed by atoms with E-state index in [-0.39, 0.29) is 11.3 Å². The Balaban J connectivity index is 2.70. The molecule has 1 rings (SSSR count). The van der Waals surface area contributed by atoms with Gasteiger partial charge in [0.05, 0.1) is 5.25 Å². The Morgan fingerprint density at radius 3 is 2.54 bits per heavy atom. The van der Waals surface area contributed by atoms with Crippen LogP contribution >= 0.6 is 0 Å². The van der Waals surface area contributed by atoms with Crippen molar-refractivity contribution >= 4 is 9.84 Å². The summed E-state index contributed by atoms with van der Waals surface area (Å²) in [6.45, 7) is 2.70.